The zero-order chi connectivity index (χ0) is 22.9. The fraction of sp³-hybridized carbons (Fsp3) is 0.375. The molecule has 1 saturated heterocycles. The van der Waals surface area contributed by atoms with Crippen molar-refractivity contribution in [2.75, 3.05) is 35.6 Å². The Kier molecular flexibility index (Phi) is 8.50. The minimum absolute atomic E-state index is 0.0299. The van der Waals surface area contributed by atoms with Gasteiger partial charge in [-0.05, 0) is 68.1 Å². The second-order valence-electron chi connectivity index (χ2n) is 7.82. The Balaban J connectivity index is 1.52. The van der Waals surface area contributed by atoms with Gasteiger partial charge in [0.25, 0.3) is 5.91 Å². The molecule has 0 atom stereocenters. The van der Waals surface area contributed by atoms with Gasteiger partial charge in [-0.3, -0.25) is 14.4 Å². The Hall–Kier alpha value is -3.06. The molecule has 0 unspecified atom stereocenters. The summed E-state index contributed by atoms with van der Waals surface area (Å²) in [5, 5.41) is 8.96. The Morgan fingerprint density at radius 3 is 2.28 bits per heavy atom. The summed E-state index contributed by atoms with van der Waals surface area (Å²) in [5.74, 6) is -0.317. The standard InChI is InChI=1S/C24H29ClN4O3/c1-2-6-22(30)27-19-11-12-20(25)21(15-19)28-23(31)16-26-18-9-7-17(8-10-18)24(32)29-13-4-3-5-14-29/h7-12,15,26H,2-6,13-14,16H2,1H3,(H,27,30)(H,28,31). The fourth-order valence-corrected chi connectivity index (χ4v) is 3.70. The van der Waals surface area contributed by atoms with Gasteiger partial charge in [0.05, 0.1) is 17.3 Å². The van der Waals surface area contributed by atoms with Crippen molar-refractivity contribution in [2.24, 2.45) is 0 Å². The van der Waals surface area contributed by atoms with E-state index in [2.05, 4.69) is 16.0 Å². The van der Waals surface area contributed by atoms with Crippen molar-refractivity contribution in [3.63, 3.8) is 0 Å². The monoisotopic (exact) mass is 456 g/mol. The summed E-state index contributed by atoms with van der Waals surface area (Å²) >= 11 is 6.18. The van der Waals surface area contributed by atoms with E-state index in [0.29, 0.717) is 28.4 Å². The minimum Gasteiger partial charge on any atom is -0.376 e. The van der Waals surface area contributed by atoms with Crippen LogP contribution >= 0.6 is 11.6 Å². The van der Waals surface area contributed by atoms with E-state index in [0.717, 1.165) is 38.0 Å². The lowest BCUT2D eigenvalue weighted by Crippen LogP contribution is -2.35. The molecule has 3 amide bonds. The van der Waals surface area contributed by atoms with Crippen molar-refractivity contribution >= 4 is 46.4 Å². The summed E-state index contributed by atoms with van der Waals surface area (Å²) in [5.41, 5.74) is 2.39. The number of likely N-dealkylation sites (tertiary alicyclic amines) is 1. The third kappa shape index (κ3) is 6.72. The molecule has 3 rings (SSSR count). The lowest BCUT2D eigenvalue weighted by molar-refractivity contribution is -0.116. The molecule has 0 spiro atoms. The molecule has 32 heavy (non-hydrogen) atoms. The molecule has 2 aromatic carbocycles. The molecule has 1 heterocycles. The molecule has 1 fully saturated rings. The Bertz CT molecular complexity index is 956. The quantitative estimate of drug-likeness (QED) is 0.534. The van der Waals surface area contributed by atoms with E-state index in [1.165, 1.54) is 6.42 Å². The second-order valence-corrected chi connectivity index (χ2v) is 8.23. The molecule has 0 aliphatic carbocycles. The number of rotatable bonds is 8. The molecule has 2 aromatic rings. The molecule has 0 bridgehead atoms. The molecular formula is C24H29ClN4O3. The van der Waals surface area contributed by atoms with Gasteiger partial charge >= 0.3 is 0 Å². The highest BCUT2D eigenvalue weighted by atomic mass is 35.5. The predicted molar refractivity (Wildman–Crippen MR) is 128 cm³/mol. The number of nitrogens with zero attached hydrogens (tertiary/aromatic N) is 1. The molecule has 3 N–H and O–H groups in total. The summed E-state index contributed by atoms with van der Waals surface area (Å²) in [7, 11) is 0. The second kappa shape index (κ2) is 11.5. The topological polar surface area (TPSA) is 90.5 Å². The number of benzene rings is 2. The van der Waals surface area contributed by atoms with Crippen molar-refractivity contribution in [1.82, 2.24) is 4.90 Å². The lowest BCUT2D eigenvalue weighted by atomic mass is 10.1. The lowest BCUT2D eigenvalue weighted by Gasteiger charge is -2.26. The number of halogens is 1. The van der Waals surface area contributed by atoms with Gasteiger partial charge < -0.3 is 20.9 Å². The van der Waals surface area contributed by atoms with Crippen molar-refractivity contribution < 1.29 is 14.4 Å². The highest BCUT2D eigenvalue weighted by molar-refractivity contribution is 6.33. The van der Waals surface area contributed by atoms with Gasteiger partial charge in [-0.1, -0.05) is 18.5 Å². The molecule has 0 saturated carbocycles. The molecule has 8 heteroatoms. The van der Waals surface area contributed by atoms with Crippen LogP contribution in [0, 0.1) is 0 Å². The zero-order valence-electron chi connectivity index (χ0n) is 18.2. The van der Waals surface area contributed by atoms with Crippen LogP contribution in [0.5, 0.6) is 0 Å². The average Bonchev–Trinajstić information content (AvgIpc) is 2.80. The molecule has 0 aromatic heterocycles. The van der Waals surface area contributed by atoms with E-state index in [1.807, 2.05) is 11.8 Å². The number of nitrogens with one attached hydrogen (secondary N) is 3. The largest absolute Gasteiger partial charge is 0.376 e. The van der Waals surface area contributed by atoms with Crippen molar-refractivity contribution in [2.45, 2.75) is 39.0 Å². The molecular weight excluding hydrogens is 428 g/mol. The normalized spacial score (nSPS) is 13.4. The van der Waals surface area contributed by atoms with E-state index in [-0.39, 0.29) is 24.3 Å². The van der Waals surface area contributed by atoms with Gasteiger partial charge in [0.1, 0.15) is 0 Å². The number of anilines is 3. The van der Waals surface area contributed by atoms with E-state index >= 15 is 0 Å². The number of hydrogen-bond acceptors (Lipinski definition) is 4. The number of hydrogen-bond donors (Lipinski definition) is 3. The molecule has 170 valence electrons. The van der Waals surface area contributed by atoms with Crippen LogP contribution < -0.4 is 16.0 Å². The smallest absolute Gasteiger partial charge is 0.253 e. The van der Waals surface area contributed by atoms with Gasteiger partial charge in [0, 0.05) is 36.4 Å². The summed E-state index contributed by atoms with van der Waals surface area (Å²) in [6, 6.07) is 12.1. The van der Waals surface area contributed by atoms with E-state index in [9.17, 15) is 14.4 Å². The van der Waals surface area contributed by atoms with E-state index in [4.69, 9.17) is 11.6 Å². The van der Waals surface area contributed by atoms with Crippen LogP contribution in [0.15, 0.2) is 42.5 Å². The van der Waals surface area contributed by atoms with Gasteiger partial charge in [-0.25, -0.2) is 0 Å². The maximum absolute atomic E-state index is 12.5. The van der Waals surface area contributed by atoms with Crippen LogP contribution in [0.1, 0.15) is 49.4 Å². The van der Waals surface area contributed by atoms with Crippen molar-refractivity contribution in [3.05, 3.63) is 53.1 Å². The van der Waals surface area contributed by atoms with Gasteiger partial charge in [0.15, 0.2) is 0 Å². The first kappa shape index (κ1) is 23.6. The molecule has 1 aliphatic heterocycles. The Labute approximate surface area is 193 Å². The van der Waals surface area contributed by atoms with Crippen LogP contribution in [-0.4, -0.2) is 42.3 Å². The third-order valence-corrected chi connectivity index (χ3v) is 5.56. The van der Waals surface area contributed by atoms with Crippen molar-refractivity contribution in [1.29, 1.82) is 0 Å². The van der Waals surface area contributed by atoms with Gasteiger partial charge in [-0.15, -0.1) is 0 Å². The first-order valence-electron chi connectivity index (χ1n) is 11.0. The molecule has 1 aliphatic rings. The average molecular weight is 457 g/mol. The van der Waals surface area contributed by atoms with Crippen LogP contribution in [0.4, 0.5) is 17.1 Å². The highest BCUT2D eigenvalue weighted by Gasteiger charge is 2.18. The summed E-state index contributed by atoms with van der Waals surface area (Å²) < 4.78 is 0. The number of amides is 3. The molecule has 7 nitrogen and oxygen atoms in total. The zero-order valence-corrected chi connectivity index (χ0v) is 19.0. The SMILES string of the molecule is CCCC(=O)Nc1ccc(Cl)c(NC(=O)CNc2ccc(C(=O)N3CCCCC3)cc2)c1. The molecule has 0 radical (unpaired) electrons. The predicted octanol–water partition coefficient (Wildman–Crippen LogP) is 4.76. The van der Waals surface area contributed by atoms with Gasteiger partial charge in [0.2, 0.25) is 11.8 Å². The maximum Gasteiger partial charge on any atom is 0.253 e. The number of carbonyl (C=O) groups excluding carboxylic acids is 3. The van der Waals surface area contributed by atoms with Crippen LogP contribution in [0.25, 0.3) is 0 Å². The third-order valence-electron chi connectivity index (χ3n) is 5.23. The fourth-order valence-electron chi connectivity index (χ4n) is 3.54. The highest BCUT2D eigenvalue weighted by Crippen LogP contribution is 2.26. The van der Waals surface area contributed by atoms with Crippen molar-refractivity contribution in [3.8, 4) is 0 Å². The van der Waals surface area contributed by atoms with Gasteiger partial charge in [-0.2, -0.15) is 0 Å². The number of piperidine rings is 1. The summed E-state index contributed by atoms with van der Waals surface area (Å²) in [6.45, 7) is 3.58. The summed E-state index contributed by atoms with van der Waals surface area (Å²) in [6.07, 6.45) is 4.47. The first-order chi connectivity index (χ1) is 15.5. The Morgan fingerprint density at radius 2 is 1.59 bits per heavy atom. The maximum atomic E-state index is 12.5. The minimum atomic E-state index is -0.280. The van der Waals surface area contributed by atoms with Crippen LogP contribution in [0.2, 0.25) is 5.02 Å². The number of carbonyl (C=O) groups is 3. The first-order valence-corrected chi connectivity index (χ1v) is 11.4. The van der Waals surface area contributed by atoms with Crippen LogP contribution in [0.3, 0.4) is 0 Å². The van der Waals surface area contributed by atoms with E-state index in [1.54, 1.807) is 42.5 Å². The van der Waals surface area contributed by atoms with E-state index < -0.39 is 0 Å². The summed E-state index contributed by atoms with van der Waals surface area (Å²) in [4.78, 5) is 38.6. The van der Waals surface area contributed by atoms with Crippen LogP contribution in [-0.2, 0) is 9.59 Å². The Morgan fingerprint density at radius 1 is 0.906 bits per heavy atom.